The number of methoxy groups -OCH3 is 1. The third-order valence-electron chi connectivity index (χ3n) is 2.16. The molecular formula is C10H16N4O3S2. The van der Waals surface area contributed by atoms with Gasteiger partial charge in [-0.05, 0) is 24.6 Å². The lowest BCUT2D eigenvalue weighted by molar-refractivity contribution is -0.143. The van der Waals surface area contributed by atoms with Crippen LogP contribution >= 0.6 is 23.6 Å². The zero-order chi connectivity index (χ0) is 14.4. The second kappa shape index (κ2) is 7.19. The van der Waals surface area contributed by atoms with Gasteiger partial charge in [-0.15, -0.1) is 5.10 Å². The molecule has 0 bridgehead atoms. The summed E-state index contributed by atoms with van der Waals surface area (Å²) in [5.41, 5.74) is 0. The Bertz CT molecular complexity index is 497. The van der Waals surface area contributed by atoms with Gasteiger partial charge < -0.3 is 10.1 Å². The van der Waals surface area contributed by atoms with Crippen LogP contribution in [0, 0.1) is 9.87 Å². The van der Waals surface area contributed by atoms with Gasteiger partial charge in [0.15, 0.2) is 3.95 Å². The highest BCUT2D eigenvalue weighted by Crippen LogP contribution is 2.11. The predicted octanol–water partition coefficient (Wildman–Crippen LogP) is 1.91. The van der Waals surface area contributed by atoms with Crippen molar-refractivity contribution in [1.29, 1.82) is 0 Å². The van der Waals surface area contributed by atoms with Crippen LogP contribution in [-0.4, -0.2) is 35.3 Å². The van der Waals surface area contributed by atoms with Gasteiger partial charge >= 0.3 is 12.0 Å². The number of hydrogen-bond acceptors (Lipinski definition) is 6. The molecule has 1 aromatic heterocycles. The highest BCUT2D eigenvalue weighted by molar-refractivity contribution is 7.73. The summed E-state index contributed by atoms with van der Waals surface area (Å²) in [6.07, 6.45) is 0.496. The standard InChI is InChI=1S/C10H16N4O3S2/c1-5(2)4-6(7(15)17-3)11-8(16)12-9-13-14-10(18)19-9/h5-6H,4H2,1-3H3,(H,14,18)(H2,11,12,13,16)/t6-/m0/s1. The third kappa shape index (κ3) is 5.35. The van der Waals surface area contributed by atoms with Crippen LogP contribution in [0.1, 0.15) is 20.3 Å². The number of carbonyl (C=O) groups is 2. The SMILES string of the molecule is COC(=O)[C@H](CC(C)C)NC(=O)Nc1n[nH]c(=S)s1. The summed E-state index contributed by atoms with van der Waals surface area (Å²) in [6, 6.07) is -1.20. The first-order valence-corrected chi connectivity index (χ1v) is 6.85. The van der Waals surface area contributed by atoms with Crippen LogP contribution in [0.2, 0.25) is 0 Å². The smallest absolute Gasteiger partial charge is 0.328 e. The molecule has 0 aliphatic carbocycles. The van der Waals surface area contributed by atoms with Crippen molar-refractivity contribution in [3.8, 4) is 0 Å². The van der Waals surface area contributed by atoms with E-state index in [0.717, 1.165) is 11.3 Å². The molecule has 1 atom stereocenters. The molecule has 7 nitrogen and oxygen atoms in total. The number of H-pyrrole nitrogens is 1. The maximum absolute atomic E-state index is 11.7. The summed E-state index contributed by atoms with van der Waals surface area (Å²) in [6.45, 7) is 3.91. The molecule has 19 heavy (non-hydrogen) atoms. The molecule has 0 unspecified atom stereocenters. The zero-order valence-electron chi connectivity index (χ0n) is 10.9. The molecule has 2 amide bonds. The number of anilines is 1. The molecule has 0 aliphatic heterocycles. The fourth-order valence-corrected chi connectivity index (χ4v) is 2.19. The van der Waals surface area contributed by atoms with Crippen molar-refractivity contribution < 1.29 is 14.3 Å². The lowest BCUT2D eigenvalue weighted by atomic mass is 10.0. The molecule has 0 radical (unpaired) electrons. The van der Waals surface area contributed by atoms with Gasteiger partial charge in [-0.3, -0.25) is 10.4 Å². The van der Waals surface area contributed by atoms with Crippen molar-refractivity contribution in [2.24, 2.45) is 5.92 Å². The number of amides is 2. The number of ether oxygens (including phenoxy) is 1. The van der Waals surface area contributed by atoms with Crippen LogP contribution in [0.15, 0.2) is 0 Å². The zero-order valence-corrected chi connectivity index (χ0v) is 12.5. The molecular weight excluding hydrogens is 288 g/mol. The number of urea groups is 1. The van der Waals surface area contributed by atoms with E-state index in [9.17, 15) is 9.59 Å². The first-order valence-electron chi connectivity index (χ1n) is 5.63. The first-order chi connectivity index (χ1) is 8.92. The molecule has 106 valence electrons. The van der Waals surface area contributed by atoms with Crippen molar-refractivity contribution in [2.75, 3.05) is 12.4 Å². The van der Waals surface area contributed by atoms with E-state index < -0.39 is 18.0 Å². The van der Waals surface area contributed by atoms with E-state index in [2.05, 4.69) is 25.6 Å². The average molecular weight is 304 g/mol. The Balaban J connectivity index is 2.60. The van der Waals surface area contributed by atoms with E-state index in [1.807, 2.05) is 13.8 Å². The van der Waals surface area contributed by atoms with Gasteiger partial charge in [-0.1, -0.05) is 25.2 Å². The normalized spacial score (nSPS) is 12.0. The number of aromatic amines is 1. The van der Waals surface area contributed by atoms with Gasteiger partial charge in [0.05, 0.1) is 7.11 Å². The van der Waals surface area contributed by atoms with E-state index in [1.54, 1.807) is 0 Å². The number of hydrogen-bond donors (Lipinski definition) is 3. The van der Waals surface area contributed by atoms with E-state index in [1.165, 1.54) is 7.11 Å². The quantitative estimate of drug-likeness (QED) is 0.570. The number of esters is 1. The van der Waals surface area contributed by atoms with E-state index in [4.69, 9.17) is 12.2 Å². The third-order valence-corrected chi connectivity index (χ3v) is 3.16. The minimum absolute atomic E-state index is 0.247. The summed E-state index contributed by atoms with van der Waals surface area (Å²) < 4.78 is 5.11. The molecule has 0 saturated carbocycles. The molecule has 1 heterocycles. The lowest BCUT2D eigenvalue weighted by Crippen LogP contribution is -2.44. The second-order valence-electron chi connectivity index (χ2n) is 4.22. The number of rotatable bonds is 5. The number of aromatic nitrogens is 2. The average Bonchev–Trinajstić information content (AvgIpc) is 2.72. The van der Waals surface area contributed by atoms with Crippen molar-refractivity contribution in [2.45, 2.75) is 26.3 Å². The minimum Gasteiger partial charge on any atom is -0.467 e. The van der Waals surface area contributed by atoms with Crippen molar-refractivity contribution in [3.05, 3.63) is 3.95 Å². The molecule has 3 N–H and O–H groups in total. The van der Waals surface area contributed by atoms with Crippen LogP contribution in [0.3, 0.4) is 0 Å². The molecule has 0 saturated heterocycles. The van der Waals surface area contributed by atoms with Crippen molar-refractivity contribution in [1.82, 2.24) is 15.5 Å². The topological polar surface area (TPSA) is 96.1 Å². The molecule has 0 aliphatic rings. The molecule has 0 aromatic carbocycles. The number of carbonyl (C=O) groups excluding carboxylic acids is 2. The van der Waals surface area contributed by atoms with Gasteiger partial charge in [0.2, 0.25) is 5.13 Å². The fraction of sp³-hybridized carbons (Fsp3) is 0.600. The monoisotopic (exact) mass is 304 g/mol. The summed E-state index contributed by atoms with van der Waals surface area (Å²) in [5, 5.41) is 11.7. The summed E-state index contributed by atoms with van der Waals surface area (Å²) in [4.78, 5) is 23.3. The maximum atomic E-state index is 11.7. The van der Waals surface area contributed by atoms with E-state index in [-0.39, 0.29) is 5.92 Å². The van der Waals surface area contributed by atoms with E-state index >= 15 is 0 Å². The number of nitrogens with zero attached hydrogens (tertiary/aromatic N) is 1. The lowest BCUT2D eigenvalue weighted by Gasteiger charge is -2.17. The van der Waals surface area contributed by atoms with Gasteiger partial charge in [0.1, 0.15) is 6.04 Å². The van der Waals surface area contributed by atoms with Gasteiger partial charge in [0.25, 0.3) is 0 Å². The van der Waals surface area contributed by atoms with E-state index in [0.29, 0.717) is 15.5 Å². The van der Waals surface area contributed by atoms with Gasteiger partial charge in [0, 0.05) is 0 Å². The first kappa shape index (κ1) is 15.6. The molecule has 9 heteroatoms. The number of nitrogens with one attached hydrogen (secondary N) is 3. The minimum atomic E-state index is -0.683. The van der Waals surface area contributed by atoms with Crippen molar-refractivity contribution >= 4 is 40.7 Å². The fourth-order valence-electron chi connectivity index (χ4n) is 1.40. The van der Waals surface area contributed by atoms with Crippen LogP contribution in [-0.2, 0) is 9.53 Å². The predicted molar refractivity (Wildman–Crippen MR) is 74.7 cm³/mol. The Morgan fingerprint density at radius 1 is 1.53 bits per heavy atom. The van der Waals surface area contributed by atoms with Gasteiger partial charge in [-0.25, -0.2) is 9.59 Å². The van der Waals surface area contributed by atoms with Crippen LogP contribution < -0.4 is 10.6 Å². The largest absolute Gasteiger partial charge is 0.467 e. The summed E-state index contributed by atoms with van der Waals surface area (Å²) >= 11 is 5.98. The highest BCUT2D eigenvalue weighted by Gasteiger charge is 2.22. The van der Waals surface area contributed by atoms with Gasteiger partial charge in [-0.2, -0.15) is 0 Å². The molecule has 1 rings (SSSR count). The highest BCUT2D eigenvalue weighted by atomic mass is 32.1. The second-order valence-corrected chi connectivity index (χ2v) is 5.89. The molecule has 0 spiro atoms. The van der Waals surface area contributed by atoms with Crippen molar-refractivity contribution in [3.63, 3.8) is 0 Å². The Labute approximate surface area is 119 Å². The Morgan fingerprint density at radius 2 is 2.21 bits per heavy atom. The maximum Gasteiger partial charge on any atom is 0.328 e. The Hall–Kier alpha value is -1.48. The molecule has 1 aromatic rings. The molecule has 0 fully saturated rings. The van der Waals surface area contributed by atoms with Crippen LogP contribution in [0.4, 0.5) is 9.93 Å². The Kier molecular flexibility index (Phi) is 5.90. The summed E-state index contributed by atoms with van der Waals surface area (Å²) in [7, 11) is 1.29. The van der Waals surface area contributed by atoms with Crippen LogP contribution in [0.25, 0.3) is 0 Å². The summed E-state index contributed by atoms with van der Waals surface area (Å²) in [5.74, 6) is -0.227. The van der Waals surface area contributed by atoms with Crippen LogP contribution in [0.5, 0.6) is 0 Å². The Morgan fingerprint density at radius 3 is 2.68 bits per heavy atom.